The molecule has 0 aromatic heterocycles. The highest BCUT2D eigenvalue weighted by molar-refractivity contribution is 8.10. The van der Waals surface area contributed by atoms with E-state index >= 15 is 0 Å². The second kappa shape index (κ2) is 9.40. The van der Waals surface area contributed by atoms with Crippen LogP contribution < -0.4 is 0 Å². The zero-order valence-electron chi connectivity index (χ0n) is 17.8. The molecule has 0 aromatic carbocycles. The van der Waals surface area contributed by atoms with Crippen LogP contribution in [0.4, 0.5) is 0 Å². The van der Waals surface area contributed by atoms with Crippen LogP contribution >= 0.6 is 0 Å². The van der Waals surface area contributed by atoms with Gasteiger partial charge in [-0.2, -0.15) is 0 Å². The SMILES string of the molecule is COC(C1CCC([N+](=O)[O-])CC1)(S(=O)(=O)C1CCCCC1)S(=O)(=O)C1CCCCC1. The van der Waals surface area contributed by atoms with Crippen molar-refractivity contribution in [2.24, 2.45) is 5.92 Å². The van der Waals surface area contributed by atoms with Gasteiger partial charge in [0.05, 0.1) is 10.5 Å². The fourth-order valence-corrected chi connectivity index (χ4v) is 12.7. The minimum atomic E-state index is -4.16. The van der Waals surface area contributed by atoms with Crippen molar-refractivity contribution in [1.82, 2.24) is 0 Å². The molecule has 3 rings (SSSR count). The van der Waals surface area contributed by atoms with Crippen LogP contribution in [0.3, 0.4) is 0 Å². The number of nitrogens with zero attached hydrogens (tertiary/aromatic N) is 1. The fraction of sp³-hybridized carbons (Fsp3) is 1.00. The third-order valence-electron chi connectivity index (χ3n) is 7.55. The molecule has 0 radical (unpaired) electrons. The normalized spacial score (nSPS) is 28.3. The van der Waals surface area contributed by atoms with Crippen molar-refractivity contribution in [3.63, 3.8) is 0 Å². The lowest BCUT2D eigenvalue weighted by Gasteiger charge is -2.44. The molecule has 0 aliphatic heterocycles. The van der Waals surface area contributed by atoms with Gasteiger partial charge in [0, 0.05) is 30.8 Å². The minimum Gasteiger partial charge on any atom is -0.350 e. The van der Waals surface area contributed by atoms with Crippen molar-refractivity contribution in [1.29, 1.82) is 0 Å². The summed E-state index contributed by atoms with van der Waals surface area (Å²) in [6.07, 6.45) is 7.52. The number of ether oxygens (including phenoxy) is 1. The molecule has 0 heterocycles. The summed E-state index contributed by atoms with van der Waals surface area (Å²) in [6, 6.07) is -0.745. The van der Waals surface area contributed by atoms with Gasteiger partial charge in [-0.1, -0.05) is 38.5 Å². The van der Waals surface area contributed by atoms with E-state index in [1.807, 2.05) is 0 Å². The lowest BCUT2D eigenvalue weighted by Crippen LogP contribution is -2.60. The molecule has 174 valence electrons. The van der Waals surface area contributed by atoms with E-state index < -0.39 is 46.4 Å². The Kier molecular flexibility index (Phi) is 7.49. The highest BCUT2D eigenvalue weighted by Gasteiger charge is 2.64. The van der Waals surface area contributed by atoms with Crippen LogP contribution in [0.25, 0.3) is 0 Å². The van der Waals surface area contributed by atoms with Crippen LogP contribution in [0.5, 0.6) is 0 Å². The van der Waals surface area contributed by atoms with Crippen LogP contribution in [0.15, 0.2) is 0 Å². The average Bonchev–Trinajstić information content (AvgIpc) is 2.76. The van der Waals surface area contributed by atoms with E-state index in [0.29, 0.717) is 25.7 Å². The summed E-state index contributed by atoms with van der Waals surface area (Å²) in [7, 11) is -7.11. The van der Waals surface area contributed by atoms with E-state index in [9.17, 15) is 26.9 Å². The molecule has 30 heavy (non-hydrogen) atoms. The second-order valence-electron chi connectivity index (χ2n) is 9.21. The van der Waals surface area contributed by atoms with E-state index in [4.69, 9.17) is 4.74 Å². The largest absolute Gasteiger partial charge is 0.350 e. The maximum Gasteiger partial charge on any atom is 0.273 e. The molecule has 0 saturated heterocycles. The molecule has 3 aliphatic carbocycles. The Balaban J connectivity index is 2.06. The molecule has 0 bridgehead atoms. The number of methoxy groups -OCH3 is 1. The van der Waals surface area contributed by atoms with Gasteiger partial charge in [-0.3, -0.25) is 10.1 Å². The Hall–Kier alpha value is -0.740. The molecule has 0 atom stereocenters. The van der Waals surface area contributed by atoms with E-state index in [1.54, 1.807) is 0 Å². The van der Waals surface area contributed by atoms with E-state index in [0.717, 1.165) is 38.5 Å². The third-order valence-corrected chi connectivity index (χ3v) is 14.2. The van der Waals surface area contributed by atoms with Crippen LogP contribution in [0, 0.1) is 16.0 Å². The number of rotatable bonds is 7. The highest BCUT2D eigenvalue weighted by Crippen LogP contribution is 2.49. The summed E-state index contributed by atoms with van der Waals surface area (Å²) in [5.41, 5.74) is 0. The Morgan fingerprint density at radius 1 is 0.733 bits per heavy atom. The maximum absolute atomic E-state index is 14.0. The topological polar surface area (TPSA) is 121 Å². The van der Waals surface area contributed by atoms with Crippen molar-refractivity contribution in [3.05, 3.63) is 10.1 Å². The van der Waals surface area contributed by atoms with Crippen molar-refractivity contribution >= 4 is 19.7 Å². The molecule has 0 unspecified atom stereocenters. The molecule has 3 aliphatic rings. The van der Waals surface area contributed by atoms with E-state index in [2.05, 4.69) is 0 Å². The number of hydrogen-bond acceptors (Lipinski definition) is 7. The molecule has 0 amide bonds. The lowest BCUT2D eigenvalue weighted by molar-refractivity contribution is -0.527. The van der Waals surface area contributed by atoms with Crippen LogP contribution in [-0.4, -0.2) is 49.7 Å². The first-order valence-corrected chi connectivity index (χ1v) is 14.4. The molecular weight excluding hydrogens is 430 g/mol. The van der Waals surface area contributed by atoms with Gasteiger partial charge < -0.3 is 4.74 Å². The quantitative estimate of drug-likeness (QED) is 0.416. The third kappa shape index (κ3) is 4.03. The van der Waals surface area contributed by atoms with Crippen LogP contribution in [0.1, 0.15) is 89.9 Å². The van der Waals surface area contributed by atoms with Gasteiger partial charge in [0.1, 0.15) is 0 Å². The number of sulfone groups is 2. The highest BCUT2D eigenvalue weighted by atomic mass is 32.3. The summed E-state index contributed by atoms with van der Waals surface area (Å²) in [5, 5.41) is 9.76. The summed E-state index contributed by atoms with van der Waals surface area (Å²) in [5.74, 6) is -0.766. The predicted molar refractivity (Wildman–Crippen MR) is 114 cm³/mol. The van der Waals surface area contributed by atoms with Crippen LogP contribution in [-0.2, 0) is 24.4 Å². The first-order chi connectivity index (χ1) is 14.2. The fourth-order valence-electron chi connectivity index (χ4n) is 5.88. The van der Waals surface area contributed by atoms with Gasteiger partial charge in [0.15, 0.2) is 19.7 Å². The predicted octanol–water partition coefficient (Wildman–Crippen LogP) is 3.62. The smallest absolute Gasteiger partial charge is 0.273 e. The van der Waals surface area contributed by atoms with Gasteiger partial charge in [-0.05, 0) is 38.5 Å². The Morgan fingerprint density at radius 3 is 1.47 bits per heavy atom. The van der Waals surface area contributed by atoms with Gasteiger partial charge >= 0.3 is 0 Å². The summed E-state index contributed by atoms with van der Waals surface area (Å²) < 4.78 is 59.4. The van der Waals surface area contributed by atoms with E-state index in [-0.39, 0.29) is 30.6 Å². The van der Waals surface area contributed by atoms with E-state index in [1.165, 1.54) is 7.11 Å². The second-order valence-corrected chi connectivity index (χ2v) is 14.2. The summed E-state index contributed by atoms with van der Waals surface area (Å²) in [4.78, 5) is 10.9. The zero-order chi connectivity index (χ0) is 22.0. The summed E-state index contributed by atoms with van der Waals surface area (Å²) in [6.45, 7) is 0. The Labute approximate surface area is 180 Å². The molecular formula is C20H35NO7S2. The Bertz CT molecular complexity index is 756. The van der Waals surface area contributed by atoms with Crippen molar-refractivity contribution in [3.8, 4) is 0 Å². The van der Waals surface area contributed by atoms with Gasteiger partial charge in [-0.25, -0.2) is 16.8 Å². The molecule has 3 saturated carbocycles. The average molecular weight is 466 g/mol. The molecule has 10 heteroatoms. The van der Waals surface area contributed by atoms with Crippen molar-refractivity contribution in [2.45, 2.75) is 111 Å². The number of nitro groups is 1. The summed E-state index contributed by atoms with van der Waals surface area (Å²) >= 11 is 0. The number of hydrogen-bond donors (Lipinski definition) is 0. The standard InChI is InChI=1S/C20H35NO7S2/c1-28-20(16-12-14-17(15-13-16)21(22)23,29(24,25)18-8-4-2-5-9-18)30(26,27)19-10-6-3-7-11-19/h16-19H,2-15H2,1H3. The molecule has 3 fully saturated rings. The van der Waals surface area contributed by atoms with Crippen LogP contribution in [0.2, 0.25) is 0 Å². The lowest BCUT2D eigenvalue weighted by atomic mass is 9.86. The van der Waals surface area contributed by atoms with Gasteiger partial charge in [0.2, 0.25) is 6.04 Å². The molecule has 8 nitrogen and oxygen atoms in total. The monoisotopic (exact) mass is 465 g/mol. The maximum atomic E-state index is 14.0. The van der Waals surface area contributed by atoms with Gasteiger partial charge in [-0.15, -0.1) is 0 Å². The van der Waals surface area contributed by atoms with Gasteiger partial charge in [0.25, 0.3) is 4.27 Å². The Morgan fingerprint density at radius 2 is 1.13 bits per heavy atom. The first kappa shape index (κ1) is 23.9. The molecule has 0 spiro atoms. The minimum absolute atomic E-state index is 0.178. The molecule has 0 aromatic rings. The first-order valence-electron chi connectivity index (χ1n) is 11.3. The zero-order valence-corrected chi connectivity index (χ0v) is 19.5. The van der Waals surface area contributed by atoms with Crippen molar-refractivity contribution in [2.75, 3.05) is 7.11 Å². The molecule has 0 N–H and O–H groups in total. The van der Waals surface area contributed by atoms with Crippen molar-refractivity contribution < 1.29 is 26.5 Å².